The zero-order chi connectivity index (χ0) is 17.4. The molecule has 2 rings (SSSR count). The molecule has 5 heteroatoms. The van der Waals surface area contributed by atoms with Gasteiger partial charge >= 0.3 is 5.97 Å². The zero-order valence-corrected chi connectivity index (χ0v) is 13.3. The lowest BCUT2D eigenvalue weighted by Crippen LogP contribution is -2.05. The Morgan fingerprint density at radius 3 is 2.58 bits per heavy atom. The van der Waals surface area contributed by atoms with Gasteiger partial charge in [-0.25, -0.2) is 4.79 Å². The van der Waals surface area contributed by atoms with E-state index in [1.165, 1.54) is 13.2 Å². The Bertz CT molecular complexity index is 749. The van der Waals surface area contributed by atoms with E-state index >= 15 is 0 Å². The normalized spacial score (nSPS) is 10.5. The Kier molecular flexibility index (Phi) is 6.14. The molecule has 0 bridgehead atoms. The fourth-order valence-corrected chi connectivity index (χ4v) is 2.30. The lowest BCUT2D eigenvalue weighted by molar-refractivity contribution is -0.131. The third kappa shape index (κ3) is 4.46. The van der Waals surface area contributed by atoms with E-state index in [2.05, 4.69) is 0 Å². The topological polar surface area (TPSA) is 72.8 Å². The molecule has 0 unspecified atom stereocenters. The number of carboxylic acids is 1. The van der Waals surface area contributed by atoms with Gasteiger partial charge in [0.05, 0.1) is 19.3 Å². The largest absolute Gasteiger partial charge is 0.496 e. The first-order valence-electron chi connectivity index (χ1n) is 7.39. The summed E-state index contributed by atoms with van der Waals surface area (Å²) in [7, 11) is 1.52. The van der Waals surface area contributed by atoms with E-state index in [4.69, 9.17) is 14.6 Å². The van der Waals surface area contributed by atoms with Crippen molar-refractivity contribution in [3.8, 4) is 11.5 Å². The predicted molar refractivity (Wildman–Crippen MR) is 90.7 cm³/mol. The summed E-state index contributed by atoms with van der Waals surface area (Å²) < 4.78 is 10.9. The van der Waals surface area contributed by atoms with Gasteiger partial charge < -0.3 is 14.6 Å². The third-order valence-corrected chi connectivity index (χ3v) is 3.45. The average Bonchev–Trinajstić information content (AvgIpc) is 2.60. The van der Waals surface area contributed by atoms with Crippen molar-refractivity contribution in [3.63, 3.8) is 0 Å². The lowest BCUT2D eigenvalue weighted by Gasteiger charge is -2.11. The number of benzene rings is 2. The van der Waals surface area contributed by atoms with Crippen LogP contribution >= 0.6 is 0 Å². The van der Waals surface area contributed by atoms with Gasteiger partial charge in [-0.05, 0) is 23.8 Å². The second-order valence-electron chi connectivity index (χ2n) is 4.96. The van der Waals surface area contributed by atoms with Crippen LogP contribution in [-0.4, -0.2) is 31.1 Å². The van der Waals surface area contributed by atoms with Crippen LogP contribution in [0.5, 0.6) is 11.5 Å². The van der Waals surface area contributed by atoms with Crippen LogP contribution in [-0.2, 0) is 11.2 Å². The number of ether oxygens (including phenoxy) is 2. The molecule has 1 N–H and O–H groups in total. The first kappa shape index (κ1) is 17.3. The molecular weight excluding hydrogens is 308 g/mol. The highest BCUT2D eigenvalue weighted by atomic mass is 16.5. The van der Waals surface area contributed by atoms with Crippen LogP contribution in [0.1, 0.15) is 21.5 Å². The van der Waals surface area contributed by atoms with Gasteiger partial charge in [0.15, 0.2) is 6.29 Å². The molecule has 2 aromatic rings. The Hall–Kier alpha value is -3.08. The van der Waals surface area contributed by atoms with E-state index < -0.39 is 5.97 Å². The fourth-order valence-electron chi connectivity index (χ4n) is 2.30. The summed E-state index contributed by atoms with van der Waals surface area (Å²) in [4.78, 5) is 21.9. The van der Waals surface area contributed by atoms with Crippen molar-refractivity contribution in [2.75, 3.05) is 13.7 Å². The van der Waals surface area contributed by atoms with Crippen molar-refractivity contribution in [2.24, 2.45) is 0 Å². The van der Waals surface area contributed by atoms with Gasteiger partial charge in [-0.15, -0.1) is 0 Å². The number of aldehydes is 1. The number of methoxy groups -OCH3 is 1. The molecule has 0 atom stereocenters. The first-order valence-corrected chi connectivity index (χ1v) is 7.39. The van der Waals surface area contributed by atoms with E-state index in [0.29, 0.717) is 35.7 Å². The van der Waals surface area contributed by atoms with Gasteiger partial charge in [0.25, 0.3) is 0 Å². The molecular formula is C19H18O5. The number of para-hydroxylation sites is 1. The highest BCUT2D eigenvalue weighted by molar-refractivity contribution is 5.85. The number of aliphatic carboxylic acids is 1. The maximum Gasteiger partial charge on any atom is 0.328 e. The van der Waals surface area contributed by atoms with E-state index in [9.17, 15) is 9.59 Å². The molecule has 0 aliphatic rings. The van der Waals surface area contributed by atoms with Crippen LogP contribution in [0.4, 0.5) is 0 Å². The van der Waals surface area contributed by atoms with Gasteiger partial charge in [-0.3, -0.25) is 4.79 Å². The molecule has 0 spiro atoms. The SMILES string of the molecule is COc1cccc(CCOc2ccccc2/C=C/C(=O)O)c1C=O. The third-order valence-electron chi connectivity index (χ3n) is 3.45. The second kappa shape index (κ2) is 8.53. The summed E-state index contributed by atoms with van der Waals surface area (Å²) in [6.45, 7) is 0.353. The van der Waals surface area contributed by atoms with Gasteiger partial charge in [-0.2, -0.15) is 0 Å². The number of hydrogen-bond donors (Lipinski definition) is 1. The molecule has 0 aromatic heterocycles. The predicted octanol–water partition coefficient (Wildman–Crippen LogP) is 3.23. The molecule has 0 radical (unpaired) electrons. The van der Waals surface area contributed by atoms with Crippen LogP contribution in [0.15, 0.2) is 48.5 Å². The van der Waals surface area contributed by atoms with Crippen molar-refractivity contribution in [1.29, 1.82) is 0 Å². The van der Waals surface area contributed by atoms with E-state index in [1.807, 2.05) is 18.2 Å². The standard InChI is InChI=1S/C19H18O5/c1-23-18-8-4-6-14(16(18)13-20)11-12-24-17-7-3-2-5-15(17)9-10-19(21)22/h2-10,13H,11-12H2,1H3,(H,21,22)/b10-9+. The van der Waals surface area contributed by atoms with Crippen molar-refractivity contribution in [1.82, 2.24) is 0 Å². The van der Waals surface area contributed by atoms with Crippen LogP contribution in [0, 0.1) is 0 Å². The maximum atomic E-state index is 11.3. The Balaban J connectivity index is 2.08. The Morgan fingerprint density at radius 1 is 1.12 bits per heavy atom. The van der Waals surface area contributed by atoms with Crippen molar-refractivity contribution < 1.29 is 24.2 Å². The number of carboxylic acid groups (broad SMARTS) is 1. The molecule has 0 aliphatic heterocycles. The lowest BCUT2D eigenvalue weighted by atomic mass is 10.0. The molecule has 5 nitrogen and oxygen atoms in total. The van der Waals surface area contributed by atoms with Gasteiger partial charge in [0, 0.05) is 18.1 Å². The number of hydrogen-bond acceptors (Lipinski definition) is 4. The number of carbonyl (C=O) groups is 2. The molecule has 0 aliphatic carbocycles. The Morgan fingerprint density at radius 2 is 1.88 bits per heavy atom. The fraction of sp³-hybridized carbons (Fsp3) is 0.158. The highest BCUT2D eigenvalue weighted by Gasteiger charge is 2.08. The molecule has 0 amide bonds. The zero-order valence-electron chi connectivity index (χ0n) is 13.3. The van der Waals surface area contributed by atoms with Crippen LogP contribution in [0.3, 0.4) is 0 Å². The molecule has 0 saturated heterocycles. The van der Waals surface area contributed by atoms with Gasteiger partial charge in [-0.1, -0.05) is 30.3 Å². The Labute approximate surface area is 140 Å². The van der Waals surface area contributed by atoms with Crippen molar-refractivity contribution in [2.45, 2.75) is 6.42 Å². The van der Waals surface area contributed by atoms with Gasteiger partial charge in [0.1, 0.15) is 11.5 Å². The van der Waals surface area contributed by atoms with Crippen molar-refractivity contribution in [3.05, 3.63) is 65.2 Å². The highest BCUT2D eigenvalue weighted by Crippen LogP contribution is 2.22. The summed E-state index contributed by atoms with van der Waals surface area (Å²) in [5, 5.41) is 8.72. The number of rotatable bonds is 8. The van der Waals surface area contributed by atoms with E-state index in [0.717, 1.165) is 17.9 Å². The minimum Gasteiger partial charge on any atom is -0.496 e. The quantitative estimate of drug-likeness (QED) is 0.595. The smallest absolute Gasteiger partial charge is 0.328 e. The van der Waals surface area contributed by atoms with E-state index in [-0.39, 0.29) is 0 Å². The summed E-state index contributed by atoms with van der Waals surface area (Å²) >= 11 is 0. The molecule has 2 aromatic carbocycles. The minimum absolute atomic E-state index is 0.353. The van der Waals surface area contributed by atoms with E-state index in [1.54, 1.807) is 24.3 Å². The van der Waals surface area contributed by atoms with Crippen LogP contribution in [0.25, 0.3) is 6.08 Å². The molecule has 24 heavy (non-hydrogen) atoms. The summed E-state index contributed by atoms with van der Waals surface area (Å²) in [6.07, 6.45) is 3.86. The molecule has 0 heterocycles. The summed E-state index contributed by atoms with van der Waals surface area (Å²) in [6, 6.07) is 12.6. The number of carbonyl (C=O) groups excluding carboxylic acids is 1. The molecule has 0 fully saturated rings. The average molecular weight is 326 g/mol. The monoisotopic (exact) mass is 326 g/mol. The van der Waals surface area contributed by atoms with Crippen molar-refractivity contribution >= 4 is 18.3 Å². The van der Waals surface area contributed by atoms with Crippen LogP contribution in [0.2, 0.25) is 0 Å². The summed E-state index contributed by atoms with van der Waals surface area (Å²) in [5.74, 6) is 0.106. The minimum atomic E-state index is -1.02. The van der Waals surface area contributed by atoms with Crippen LogP contribution < -0.4 is 9.47 Å². The molecule has 0 saturated carbocycles. The molecule has 124 valence electrons. The van der Waals surface area contributed by atoms with Gasteiger partial charge in [0.2, 0.25) is 0 Å². The first-order chi connectivity index (χ1) is 11.7. The second-order valence-corrected chi connectivity index (χ2v) is 4.96. The summed E-state index contributed by atoms with van der Waals surface area (Å²) in [5.41, 5.74) is 2.03. The maximum absolute atomic E-state index is 11.3.